The molecule has 1 aromatic rings. The second-order valence-electron chi connectivity index (χ2n) is 4.48. The molecule has 0 unspecified atom stereocenters. The van der Waals surface area contributed by atoms with Crippen LogP contribution in [0, 0.1) is 0 Å². The molecule has 0 radical (unpaired) electrons. The van der Waals surface area contributed by atoms with E-state index >= 15 is 0 Å². The average Bonchev–Trinajstić information content (AvgIpc) is 2.34. The van der Waals surface area contributed by atoms with Crippen molar-refractivity contribution in [1.82, 2.24) is 5.32 Å². The highest BCUT2D eigenvalue weighted by molar-refractivity contribution is 5.96. The van der Waals surface area contributed by atoms with Crippen LogP contribution < -0.4 is 15.1 Å². The molecule has 4 heteroatoms. The van der Waals surface area contributed by atoms with Gasteiger partial charge in [0.05, 0.1) is 6.67 Å². The molecule has 1 aliphatic heterocycles. The van der Waals surface area contributed by atoms with E-state index in [4.69, 9.17) is 0 Å². The highest BCUT2D eigenvalue weighted by Gasteiger charge is 2.21. The molecule has 0 saturated carbocycles. The second-order valence-corrected chi connectivity index (χ2v) is 4.48. The van der Waals surface area contributed by atoms with Crippen LogP contribution in [-0.4, -0.2) is 33.7 Å². The number of aryl methyl sites for hydroxylation is 1. The summed E-state index contributed by atoms with van der Waals surface area (Å²) in [6, 6.07) is 6.27. The number of carbonyl (C=O) groups is 1. The van der Waals surface area contributed by atoms with E-state index in [1.165, 1.54) is 11.3 Å². The third-order valence-electron chi connectivity index (χ3n) is 3.24. The van der Waals surface area contributed by atoms with E-state index in [1.54, 1.807) is 4.90 Å². The van der Waals surface area contributed by atoms with Crippen LogP contribution in [0.3, 0.4) is 0 Å². The number of nitrogens with one attached hydrogen (secondary N) is 1. The molecule has 0 aliphatic carbocycles. The number of fused-ring (bicyclic) bond motifs is 1. The SMILES string of the molecule is CNCN(C)c1ccc2c(c1)CCC(=O)N2C. The van der Waals surface area contributed by atoms with Gasteiger partial charge in [0.2, 0.25) is 5.91 Å². The monoisotopic (exact) mass is 233 g/mol. The summed E-state index contributed by atoms with van der Waals surface area (Å²) in [5.41, 5.74) is 3.48. The zero-order valence-corrected chi connectivity index (χ0v) is 10.7. The number of rotatable bonds is 3. The van der Waals surface area contributed by atoms with Gasteiger partial charge in [-0.1, -0.05) is 0 Å². The minimum Gasteiger partial charge on any atom is -0.362 e. The largest absolute Gasteiger partial charge is 0.362 e. The molecule has 17 heavy (non-hydrogen) atoms. The standard InChI is InChI=1S/C13H19N3O/c1-14-9-15(2)11-5-6-12-10(8-11)4-7-13(17)16(12)3/h5-6,8,14H,4,7,9H2,1-3H3. The van der Waals surface area contributed by atoms with Gasteiger partial charge in [0.15, 0.2) is 0 Å². The van der Waals surface area contributed by atoms with Crippen molar-refractivity contribution < 1.29 is 4.79 Å². The zero-order chi connectivity index (χ0) is 12.4. The first-order valence-corrected chi connectivity index (χ1v) is 5.88. The maximum atomic E-state index is 11.6. The van der Waals surface area contributed by atoms with Gasteiger partial charge in [-0.3, -0.25) is 4.79 Å². The molecule has 0 fully saturated rings. The van der Waals surface area contributed by atoms with Gasteiger partial charge in [-0.15, -0.1) is 0 Å². The first-order valence-electron chi connectivity index (χ1n) is 5.88. The first-order chi connectivity index (χ1) is 8.13. The lowest BCUT2D eigenvalue weighted by molar-refractivity contribution is -0.118. The summed E-state index contributed by atoms with van der Waals surface area (Å²) in [6.45, 7) is 0.813. The number of nitrogens with zero attached hydrogens (tertiary/aromatic N) is 2. The Balaban J connectivity index is 2.29. The van der Waals surface area contributed by atoms with Crippen molar-refractivity contribution in [2.45, 2.75) is 12.8 Å². The van der Waals surface area contributed by atoms with Crippen molar-refractivity contribution in [2.75, 3.05) is 37.6 Å². The molecule has 0 atom stereocenters. The van der Waals surface area contributed by atoms with Gasteiger partial charge in [0.25, 0.3) is 0 Å². The highest BCUT2D eigenvalue weighted by Crippen LogP contribution is 2.30. The van der Waals surface area contributed by atoms with E-state index in [9.17, 15) is 4.79 Å². The van der Waals surface area contributed by atoms with Crippen LogP contribution in [0.4, 0.5) is 11.4 Å². The number of benzene rings is 1. The van der Waals surface area contributed by atoms with Crippen LogP contribution in [-0.2, 0) is 11.2 Å². The number of hydrogen-bond acceptors (Lipinski definition) is 3. The van der Waals surface area contributed by atoms with E-state index in [0.717, 1.165) is 18.8 Å². The van der Waals surface area contributed by atoms with Crippen molar-refractivity contribution in [3.05, 3.63) is 23.8 Å². The lowest BCUT2D eigenvalue weighted by atomic mass is 10.0. The molecule has 1 aromatic carbocycles. The van der Waals surface area contributed by atoms with E-state index in [-0.39, 0.29) is 5.91 Å². The maximum absolute atomic E-state index is 11.6. The molecule has 2 rings (SSSR count). The van der Waals surface area contributed by atoms with Crippen LogP contribution in [0.2, 0.25) is 0 Å². The molecule has 1 aliphatic rings. The zero-order valence-electron chi connectivity index (χ0n) is 10.7. The van der Waals surface area contributed by atoms with E-state index < -0.39 is 0 Å². The molecular formula is C13H19N3O. The van der Waals surface area contributed by atoms with Crippen LogP contribution in [0.25, 0.3) is 0 Å². The van der Waals surface area contributed by atoms with Gasteiger partial charge in [0.1, 0.15) is 0 Å². The van der Waals surface area contributed by atoms with Crippen LogP contribution >= 0.6 is 0 Å². The van der Waals surface area contributed by atoms with Gasteiger partial charge in [-0.2, -0.15) is 0 Å². The third-order valence-corrected chi connectivity index (χ3v) is 3.24. The lowest BCUT2D eigenvalue weighted by Gasteiger charge is -2.28. The number of amides is 1. The highest BCUT2D eigenvalue weighted by atomic mass is 16.2. The van der Waals surface area contributed by atoms with Crippen molar-refractivity contribution in [3.63, 3.8) is 0 Å². The average molecular weight is 233 g/mol. The van der Waals surface area contributed by atoms with Gasteiger partial charge in [-0.25, -0.2) is 0 Å². The minimum atomic E-state index is 0.203. The van der Waals surface area contributed by atoms with Crippen molar-refractivity contribution in [2.24, 2.45) is 0 Å². The Morgan fingerprint density at radius 3 is 2.88 bits per heavy atom. The Bertz CT molecular complexity index is 431. The lowest BCUT2D eigenvalue weighted by Crippen LogP contribution is -2.32. The molecule has 0 bridgehead atoms. The van der Waals surface area contributed by atoms with Crippen LogP contribution in [0.1, 0.15) is 12.0 Å². The predicted octanol–water partition coefficient (Wildman–Crippen LogP) is 1.21. The minimum absolute atomic E-state index is 0.203. The smallest absolute Gasteiger partial charge is 0.227 e. The summed E-state index contributed by atoms with van der Waals surface area (Å²) >= 11 is 0. The summed E-state index contributed by atoms with van der Waals surface area (Å²) in [6.07, 6.45) is 1.46. The van der Waals surface area contributed by atoms with Crippen molar-refractivity contribution in [3.8, 4) is 0 Å². The number of carbonyl (C=O) groups excluding carboxylic acids is 1. The van der Waals surface area contributed by atoms with Gasteiger partial charge in [0, 0.05) is 31.9 Å². The molecule has 1 amide bonds. The quantitative estimate of drug-likeness (QED) is 0.797. The maximum Gasteiger partial charge on any atom is 0.227 e. The molecule has 1 N–H and O–H groups in total. The summed E-state index contributed by atoms with van der Waals surface area (Å²) in [5, 5.41) is 3.12. The predicted molar refractivity (Wildman–Crippen MR) is 70.5 cm³/mol. The first kappa shape index (κ1) is 11.9. The molecule has 1 heterocycles. The fourth-order valence-electron chi connectivity index (χ4n) is 2.21. The molecule has 4 nitrogen and oxygen atoms in total. The van der Waals surface area contributed by atoms with Crippen molar-refractivity contribution >= 4 is 17.3 Å². The third kappa shape index (κ3) is 2.26. The van der Waals surface area contributed by atoms with Crippen LogP contribution in [0.5, 0.6) is 0 Å². The Morgan fingerprint density at radius 1 is 1.41 bits per heavy atom. The topological polar surface area (TPSA) is 35.6 Å². The van der Waals surface area contributed by atoms with E-state index in [0.29, 0.717) is 6.42 Å². The van der Waals surface area contributed by atoms with E-state index in [2.05, 4.69) is 29.4 Å². The normalized spacial score (nSPS) is 14.8. The summed E-state index contributed by atoms with van der Waals surface area (Å²) in [7, 11) is 5.83. The second kappa shape index (κ2) is 4.75. The van der Waals surface area contributed by atoms with E-state index in [1.807, 2.05) is 20.2 Å². The fraction of sp³-hybridized carbons (Fsp3) is 0.462. The Labute approximate surface area is 102 Å². The molecule has 0 spiro atoms. The molecule has 0 aromatic heterocycles. The van der Waals surface area contributed by atoms with Gasteiger partial charge >= 0.3 is 0 Å². The van der Waals surface area contributed by atoms with Gasteiger partial charge < -0.3 is 15.1 Å². The number of hydrogen-bond donors (Lipinski definition) is 1. The van der Waals surface area contributed by atoms with Crippen LogP contribution in [0.15, 0.2) is 18.2 Å². The summed E-state index contributed by atoms with van der Waals surface area (Å²) in [5.74, 6) is 0.203. The molecule has 0 saturated heterocycles. The Hall–Kier alpha value is -1.55. The Kier molecular flexibility index (Phi) is 3.33. The van der Waals surface area contributed by atoms with Gasteiger partial charge in [-0.05, 0) is 37.2 Å². The fourth-order valence-corrected chi connectivity index (χ4v) is 2.21. The summed E-state index contributed by atoms with van der Waals surface area (Å²) < 4.78 is 0. The number of anilines is 2. The summed E-state index contributed by atoms with van der Waals surface area (Å²) in [4.78, 5) is 15.5. The molecule has 92 valence electrons. The molecular weight excluding hydrogens is 214 g/mol. The van der Waals surface area contributed by atoms with Crippen molar-refractivity contribution in [1.29, 1.82) is 0 Å². The Morgan fingerprint density at radius 2 is 2.18 bits per heavy atom.